The van der Waals surface area contributed by atoms with Crippen LogP contribution in [0, 0.1) is 5.82 Å². The third kappa shape index (κ3) is 4.28. The van der Waals surface area contributed by atoms with Crippen LogP contribution in [0.25, 0.3) is 0 Å². The molecule has 0 saturated heterocycles. The Kier molecular flexibility index (Phi) is 4.98. The number of nitrogens with one attached hydrogen (secondary N) is 2. The van der Waals surface area contributed by atoms with Crippen LogP contribution in [0.5, 0.6) is 0 Å². The molecule has 0 saturated carbocycles. The summed E-state index contributed by atoms with van der Waals surface area (Å²) in [5.74, 6) is 0.331. The highest BCUT2D eigenvalue weighted by molar-refractivity contribution is 5.89. The van der Waals surface area contributed by atoms with E-state index < -0.39 is 6.03 Å². The lowest BCUT2D eigenvalue weighted by Crippen LogP contribution is -2.32. The summed E-state index contributed by atoms with van der Waals surface area (Å²) in [6, 6.07) is 4.24. The average molecular weight is 319 g/mol. The van der Waals surface area contributed by atoms with Gasteiger partial charge in [0.25, 0.3) is 0 Å². The maximum atomic E-state index is 13.7. The maximum absolute atomic E-state index is 13.7. The minimum Gasteiger partial charge on any atom is -0.331 e. The Balaban J connectivity index is 1.96. The van der Waals surface area contributed by atoms with Crippen molar-refractivity contribution in [3.63, 3.8) is 0 Å². The van der Waals surface area contributed by atoms with Crippen LogP contribution >= 0.6 is 0 Å². The van der Waals surface area contributed by atoms with E-state index >= 15 is 0 Å². The van der Waals surface area contributed by atoms with Gasteiger partial charge in [0.15, 0.2) is 0 Å². The molecule has 0 unspecified atom stereocenters. The van der Waals surface area contributed by atoms with Gasteiger partial charge in [-0.05, 0) is 44.9 Å². The Labute approximate surface area is 135 Å². The smallest absolute Gasteiger partial charge is 0.319 e. The Hall–Kier alpha value is -2.44. The minimum atomic E-state index is -0.419. The number of rotatable bonds is 4. The summed E-state index contributed by atoms with van der Waals surface area (Å²) in [7, 11) is 0. The summed E-state index contributed by atoms with van der Waals surface area (Å²) in [4.78, 5) is 16.1. The lowest BCUT2D eigenvalue weighted by atomic mass is 10.1. The summed E-state index contributed by atoms with van der Waals surface area (Å²) in [5, 5.41) is 9.47. The van der Waals surface area contributed by atoms with E-state index in [9.17, 15) is 9.18 Å². The number of aryl methyl sites for hydroxylation is 1. The quantitative estimate of drug-likeness (QED) is 0.910. The van der Waals surface area contributed by atoms with Crippen molar-refractivity contribution in [2.75, 3.05) is 5.32 Å². The van der Waals surface area contributed by atoms with Gasteiger partial charge in [-0.15, -0.1) is 0 Å². The van der Waals surface area contributed by atoms with Gasteiger partial charge in [0.1, 0.15) is 18.0 Å². The molecule has 6 nitrogen and oxygen atoms in total. The molecule has 0 atom stereocenters. The number of hydrogen-bond donors (Lipinski definition) is 2. The highest BCUT2D eigenvalue weighted by Gasteiger charge is 2.18. The molecule has 1 heterocycles. The molecule has 2 rings (SSSR count). The molecule has 1 aromatic heterocycles. The fourth-order valence-electron chi connectivity index (χ4n) is 2.19. The van der Waals surface area contributed by atoms with Crippen LogP contribution < -0.4 is 10.6 Å². The van der Waals surface area contributed by atoms with E-state index in [2.05, 4.69) is 20.7 Å². The first-order valence-corrected chi connectivity index (χ1v) is 7.54. The van der Waals surface area contributed by atoms with Gasteiger partial charge in [0.05, 0.1) is 12.1 Å². The first kappa shape index (κ1) is 16.9. The van der Waals surface area contributed by atoms with Crippen LogP contribution in [0.1, 0.15) is 39.1 Å². The third-order valence-corrected chi connectivity index (χ3v) is 3.35. The first-order chi connectivity index (χ1) is 10.8. The van der Waals surface area contributed by atoms with Crippen LogP contribution in [0.4, 0.5) is 14.9 Å². The van der Waals surface area contributed by atoms with Crippen LogP contribution in [0.2, 0.25) is 0 Å². The fraction of sp³-hybridized carbons (Fsp3) is 0.438. The Morgan fingerprint density at radius 2 is 2.09 bits per heavy atom. The first-order valence-electron chi connectivity index (χ1n) is 7.54. The molecule has 2 N–H and O–H groups in total. The van der Waals surface area contributed by atoms with Crippen molar-refractivity contribution in [2.45, 2.75) is 46.2 Å². The number of urea groups is 1. The van der Waals surface area contributed by atoms with Crippen molar-refractivity contribution in [1.29, 1.82) is 0 Å². The van der Waals surface area contributed by atoms with Gasteiger partial charge in [-0.1, -0.05) is 13.0 Å². The molecule has 0 aliphatic carbocycles. The number of carbonyl (C=O) groups is 1. The molecule has 0 bridgehead atoms. The van der Waals surface area contributed by atoms with Crippen LogP contribution in [0.3, 0.4) is 0 Å². The standard InChI is InChI=1S/C16H22FN5O/c1-5-11-6-7-12(8-13(11)17)21-15(23)18-9-14-19-10-20-22(14)16(2,3)4/h6-8,10H,5,9H2,1-4H3,(H2,18,21,23). The number of aromatic nitrogens is 3. The van der Waals surface area contributed by atoms with E-state index in [1.165, 1.54) is 12.4 Å². The maximum Gasteiger partial charge on any atom is 0.319 e. The lowest BCUT2D eigenvalue weighted by Gasteiger charge is -2.21. The summed E-state index contributed by atoms with van der Waals surface area (Å²) in [6.07, 6.45) is 2.07. The predicted molar refractivity (Wildman–Crippen MR) is 86.7 cm³/mol. The minimum absolute atomic E-state index is 0.219. The normalized spacial score (nSPS) is 11.3. The van der Waals surface area contributed by atoms with E-state index in [0.29, 0.717) is 23.5 Å². The Morgan fingerprint density at radius 1 is 1.35 bits per heavy atom. The summed E-state index contributed by atoms with van der Waals surface area (Å²) >= 11 is 0. The van der Waals surface area contributed by atoms with Crippen molar-refractivity contribution < 1.29 is 9.18 Å². The molecule has 0 spiro atoms. The summed E-state index contributed by atoms with van der Waals surface area (Å²) < 4.78 is 15.5. The van der Waals surface area contributed by atoms with Gasteiger partial charge in [0, 0.05) is 5.69 Å². The van der Waals surface area contributed by atoms with Crippen LogP contribution in [-0.2, 0) is 18.5 Å². The van der Waals surface area contributed by atoms with E-state index in [-0.39, 0.29) is 17.9 Å². The van der Waals surface area contributed by atoms with Crippen molar-refractivity contribution >= 4 is 11.7 Å². The van der Waals surface area contributed by atoms with Crippen molar-refractivity contribution in [2.24, 2.45) is 0 Å². The van der Waals surface area contributed by atoms with Gasteiger partial charge in [-0.25, -0.2) is 18.9 Å². The van der Waals surface area contributed by atoms with E-state index in [0.717, 1.165) is 0 Å². The predicted octanol–water partition coefficient (Wildman–Crippen LogP) is 3.06. The molecule has 23 heavy (non-hydrogen) atoms. The van der Waals surface area contributed by atoms with Crippen LogP contribution in [-0.4, -0.2) is 20.8 Å². The SMILES string of the molecule is CCc1ccc(NC(=O)NCc2ncnn2C(C)(C)C)cc1F. The van der Waals surface area contributed by atoms with Gasteiger partial charge < -0.3 is 10.6 Å². The summed E-state index contributed by atoms with van der Waals surface area (Å²) in [5.41, 5.74) is 0.812. The highest BCUT2D eigenvalue weighted by Crippen LogP contribution is 2.15. The largest absolute Gasteiger partial charge is 0.331 e. The average Bonchev–Trinajstić information content (AvgIpc) is 2.94. The molecule has 124 valence electrons. The molecule has 2 amide bonds. The molecule has 0 radical (unpaired) electrons. The number of anilines is 1. The third-order valence-electron chi connectivity index (χ3n) is 3.35. The Morgan fingerprint density at radius 3 is 2.70 bits per heavy atom. The zero-order valence-electron chi connectivity index (χ0n) is 13.9. The van der Waals surface area contributed by atoms with E-state index in [1.54, 1.807) is 16.8 Å². The molecule has 0 aliphatic heterocycles. The second-order valence-corrected chi connectivity index (χ2v) is 6.23. The van der Waals surface area contributed by atoms with Crippen LogP contribution in [0.15, 0.2) is 24.5 Å². The topological polar surface area (TPSA) is 71.8 Å². The molecule has 0 fully saturated rings. The van der Waals surface area contributed by atoms with Crippen molar-refractivity contribution in [1.82, 2.24) is 20.1 Å². The number of amides is 2. The second kappa shape index (κ2) is 6.76. The van der Waals surface area contributed by atoms with Crippen molar-refractivity contribution in [3.8, 4) is 0 Å². The molecule has 7 heteroatoms. The fourth-order valence-corrected chi connectivity index (χ4v) is 2.19. The van der Waals surface area contributed by atoms with E-state index in [1.807, 2.05) is 27.7 Å². The number of hydrogen-bond acceptors (Lipinski definition) is 3. The number of nitrogens with zero attached hydrogens (tertiary/aromatic N) is 3. The summed E-state index contributed by atoms with van der Waals surface area (Å²) in [6.45, 7) is 8.12. The van der Waals surface area contributed by atoms with Gasteiger partial charge in [0.2, 0.25) is 0 Å². The zero-order valence-corrected chi connectivity index (χ0v) is 13.9. The lowest BCUT2D eigenvalue weighted by molar-refractivity contribution is 0.250. The molecule has 2 aromatic rings. The number of halogens is 1. The number of benzene rings is 1. The highest BCUT2D eigenvalue weighted by atomic mass is 19.1. The van der Waals surface area contributed by atoms with Gasteiger partial charge in [-0.3, -0.25) is 0 Å². The monoisotopic (exact) mass is 319 g/mol. The molecular weight excluding hydrogens is 297 g/mol. The second-order valence-electron chi connectivity index (χ2n) is 6.23. The molecule has 1 aromatic carbocycles. The Bertz CT molecular complexity index is 690. The number of carbonyl (C=O) groups excluding carboxylic acids is 1. The molecule has 0 aliphatic rings. The zero-order chi connectivity index (χ0) is 17.0. The van der Waals surface area contributed by atoms with Crippen molar-refractivity contribution in [3.05, 3.63) is 41.7 Å². The van der Waals surface area contributed by atoms with Gasteiger partial charge >= 0.3 is 6.03 Å². The molecular formula is C16H22FN5O. The van der Waals surface area contributed by atoms with Gasteiger partial charge in [-0.2, -0.15) is 5.10 Å². The van der Waals surface area contributed by atoms with E-state index in [4.69, 9.17) is 0 Å².